The SMILES string of the molecule is CC1CCCC(CCNc2nc3ccc(N)cc3o2)C1. The summed E-state index contributed by atoms with van der Waals surface area (Å²) in [4.78, 5) is 4.42. The van der Waals surface area contributed by atoms with Gasteiger partial charge in [-0.1, -0.05) is 26.2 Å². The van der Waals surface area contributed by atoms with Crippen LogP contribution in [0.2, 0.25) is 0 Å². The summed E-state index contributed by atoms with van der Waals surface area (Å²) in [7, 11) is 0. The molecule has 1 heterocycles. The monoisotopic (exact) mass is 273 g/mol. The normalized spacial score (nSPS) is 23.1. The topological polar surface area (TPSA) is 64.1 Å². The lowest BCUT2D eigenvalue weighted by molar-refractivity contribution is 0.274. The molecular formula is C16H23N3O. The van der Waals surface area contributed by atoms with E-state index in [1.807, 2.05) is 18.2 Å². The van der Waals surface area contributed by atoms with E-state index in [1.165, 1.54) is 32.1 Å². The number of hydrogen-bond donors (Lipinski definition) is 2. The van der Waals surface area contributed by atoms with Crippen molar-refractivity contribution in [2.24, 2.45) is 11.8 Å². The molecule has 1 saturated carbocycles. The Kier molecular flexibility index (Phi) is 3.81. The smallest absolute Gasteiger partial charge is 0.295 e. The highest BCUT2D eigenvalue weighted by Crippen LogP contribution is 2.30. The summed E-state index contributed by atoms with van der Waals surface area (Å²) in [6.07, 6.45) is 6.72. The lowest BCUT2D eigenvalue weighted by atomic mass is 9.81. The zero-order valence-corrected chi connectivity index (χ0v) is 12.1. The molecule has 0 spiro atoms. The van der Waals surface area contributed by atoms with E-state index in [0.29, 0.717) is 11.7 Å². The van der Waals surface area contributed by atoms with E-state index >= 15 is 0 Å². The van der Waals surface area contributed by atoms with E-state index in [9.17, 15) is 0 Å². The summed E-state index contributed by atoms with van der Waals surface area (Å²) in [6, 6.07) is 6.16. The first-order chi connectivity index (χ1) is 9.70. The van der Waals surface area contributed by atoms with Gasteiger partial charge in [0.05, 0.1) is 0 Å². The van der Waals surface area contributed by atoms with Crippen LogP contribution in [0.4, 0.5) is 11.7 Å². The van der Waals surface area contributed by atoms with E-state index in [-0.39, 0.29) is 0 Å². The van der Waals surface area contributed by atoms with Crippen molar-refractivity contribution in [3.05, 3.63) is 18.2 Å². The van der Waals surface area contributed by atoms with Gasteiger partial charge in [0.2, 0.25) is 0 Å². The van der Waals surface area contributed by atoms with E-state index in [4.69, 9.17) is 10.2 Å². The summed E-state index contributed by atoms with van der Waals surface area (Å²) < 4.78 is 5.66. The minimum Gasteiger partial charge on any atom is -0.423 e. The Bertz CT molecular complexity index is 578. The average Bonchev–Trinajstić information content (AvgIpc) is 2.80. The molecule has 1 aromatic carbocycles. The van der Waals surface area contributed by atoms with Gasteiger partial charge in [-0.25, -0.2) is 0 Å². The molecule has 20 heavy (non-hydrogen) atoms. The standard InChI is InChI=1S/C16H23N3O/c1-11-3-2-4-12(9-11)7-8-18-16-19-14-6-5-13(17)10-15(14)20-16/h5-6,10-12H,2-4,7-9,17H2,1H3,(H,18,19). The number of benzene rings is 1. The van der Waals surface area contributed by atoms with Crippen LogP contribution in [0.15, 0.2) is 22.6 Å². The van der Waals surface area contributed by atoms with Crippen molar-refractivity contribution in [1.82, 2.24) is 4.98 Å². The van der Waals surface area contributed by atoms with Gasteiger partial charge < -0.3 is 15.5 Å². The van der Waals surface area contributed by atoms with Crippen LogP contribution in [-0.4, -0.2) is 11.5 Å². The van der Waals surface area contributed by atoms with E-state index < -0.39 is 0 Å². The number of nitrogens with one attached hydrogen (secondary N) is 1. The third-order valence-electron chi connectivity index (χ3n) is 4.29. The average molecular weight is 273 g/mol. The minimum absolute atomic E-state index is 0.606. The molecule has 0 amide bonds. The fraction of sp³-hybridized carbons (Fsp3) is 0.562. The van der Waals surface area contributed by atoms with Crippen LogP contribution in [0.1, 0.15) is 39.0 Å². The van der Waals surface area contributed by atoms with Crippen molar-refractivity contribution in [3.8, 4) is 0 Å². The molecule has 3 rings (SSSR count). The van der Waals surface area contributed by atoms with Gasteiger partial charge in [0.15, 0.2) is 5.58 Å². The molecule has 1 aliphatic carbocycles. The van der Waals surface area contributed by atoms with Crippen LogP contribution < -0.4 is 11.1 Å². The quantitative estimate of drug-likeness (QED) is 0.825. The molecule has 2 unspecified atom stereocenters. The summed E-state index contributed by atoms with van der Waals surface area (Å²) in [5.41, 5.74) is 8.04. The number of aromatic nitrogens is 1. The van der Waals surface area contributed by atoms with Gasteiger partial charge in [-0.3, -0.25) is 0 Å². The largest absolute Gasteiger partial charge is 0.423 e. The molecule has 3 N–H and O–H groups in total. The highest BCUT2D eigenvalue weighted by Gasteiger charge is 2.18. The minimum atomic E-state index is 0.606. The molecule has 4 nitrogen and oxygen atoms in total. The van der Waals surface area contributed by atoms with Gasteiger partial charge in [-0.15, -0.1) is 0 Å². The van der Waals surface area contributed by atoms with Gasteiger partial charge in [0.25, 0.3) is 6.01 Å². The molecule has 0 radical (unpaired) electrons. The van der Waals surface area contributed by atoms with Crippen molar-refractivity contribution in [1.29, 1.82) is 0 Å². The molecule has 4 heteroatoms. The second-order valence-electron chi connectivity index (χ2n) is 6.10. The number of nitrogens with two attached hydrogens (primary N) is 1. The predicted octanol–water partition coefficient (Wildman–Crippen LogP) is 4.04. The highest BCUT2D eigenvalue weighted by atomic mass is 16.4. The number of hydrogen-bond acceptors (Lipinski definition) is 4. The third-order valence-corrected chi connectivity index (χ3v) is 4.29. The fourth-order valence-electron chi connectivity index (χ4n) is 3.22. The number of anilines is 2. The molecule has 1 fully saturated rings. The zero-order valence-electron chi connectivity index (χ0n) is 12.1. The van der Waals surface area contributed by atoms with Crippen LogP contribution in [0.5, 0.6) is 0 Å². The van der Waals surface area contributed by atoms with Crippen LogP contribution in [0.3, 0.4) is 0 Å². The highest BCUT2D eigenvalue weighted by molar-refractivity contribution is 5.78. The van der Waals surface area contributed by atoms with Crippen LogP contribution >= 0.6 is 0 Å². The van der Waals surface area contributed by atoms with E-state index in [2.05, 4.69) is 17.2 Å². The van der Waals surface area contributed by atoms with Crippen molar-refractivity contribution < 1.29 is 4.42 Å². The van der Waals surface area contributed by atoms with Gasteiger partial charge in [-0.2, -0.15) is 4.98 Å². The number of oxazole rings is 1. The first-order valence-corrected chi connectivity index (χ1v) is 7.60. The molecular weight excluding hydrogens is 250 g/mol. The Morgan fingerprint density at radius 1 is 1.40 bits per heavy atom. The fourth-order valence-corrected chi connectivity index (χ4v) is 3.22. The number of nitrogens with zero attached hydrogens (tertiary/aromatic N) is 1. The number of nitrogen functional groups attached to an aromatic ring is 1. The predicted molar refractivity (Wildman–Crippen MR) is 82.7 cm³/mol. The Balaban J connectivity index is 1.54. The molecule has 0 aliphatic heterocycles. The zero-order chi connectivity index (χ0) is 13.9. The molecule has 0 bridgehead atoms. The maximum Gasteiger partial charge on any atom is 0.295 e. The van der Waals surface area contributed by atoms with E-state index in [1.54, 1.807) is 0 Å². The van der Waals surface area contributed by atoms with Gasteiger partial charge in [-0.05, 0) is 36.8 Å². The van der Waals surface area contributed by atoms with Crippen molar-refractivity contribution in [2.45, 2.75) is 39.0 Å². The van der Waals surface area contributed by atoms with Crippen LogP contribution in [0, 0.1) is 11.8 Å². The van der Waals surface area contributed by atoms with E-state index in [0.717, 1.165) is 29.5 Å². The number of fused-ring (bicyclic) bond motifs is 1. The number of rotatable bonds is 4. The summed E-state index contributed by atoms with van der Waals surface area (Å²) in [6.45, 7) is 3.30. The van der Waals surface area contributed by atoms with Gasteiger partial charge in [0, 0.05) is 18.3 Å². The Hall–Kier alpha value is -1.71. The Morgan fingerprint density at radius 3 is 3.15 bits per heavy atom. The second-order valence-corrected chi connectivity index (χ2v) is 6.10. The molecule has 1 aromatic heterocycles. The first-order valence-electron chi connectivity index (χ1n) is 7.60. The van der Waals surface area contributed by atoms with Gasteiger partial charge >= 0.3 is 0 Å². The lowest BCUT2D eigenvalue weighted by Crippen LogP contribution is -2.16. The second kappa shape index (κ2) is 5.73. The molecule has 2 atom stereocenters. The summed E-state index contributed by atoms with van der Waals surface area (Å²) in [5, 5.41) is 3.30. The molecule has 2 aromatic rings. The summed E-state index contributed by atoms with van der Waals surface area (Å²) >= 11 is 0. The van der Waals surface area contributed by atoms with Crippen LogP contribution in [-0.2, 0) is 0 Å². The van der Waals surface area contributed by atoms with Crippen molar-refractivity contribution in [3.63, 3.8) is 0 Å². The molecule has 1 aliphatic rings. The first kappa shape index (κ1) is 13.3. The Morgan fingerprint density at radius 2 is 2.30 bits per heavy atom. The maximum absolute atomic E-state index is 5.74. The van der Waals surface area contributed by atoms with Gasteiger partial charge in [0.1, 0.15) is 5.52 Å². The Labute approximate surface area is 119 Å². The van der Waals surface area contributed by atoms with Crippen LogP contribution in [0.25, 0.3) is 11.1 Å². The lowest BCUT2D eigenvalue weighted by Gasteiger charge is -2.26. The third kappa shape index (κ3) is 3.06. The molecule has 0 saturated heterocycles. The van der Waals surface area contributed by atoms with Crippen molar-refractivity contribution >= 4 is 22.8 Å². The molecule has 108 valence electrons. The summed E-state index contributed by atoms with van der Waals surface area (Å²) in [5.74, 6) is 1.74. The van der Waals surface area contributed by atoms with Crippen molar-refractivity contribution in [2.75, 3.05) is 17.6 Å². The maximum atomic E-state index is 5.74.